The third kappa shape index (κ3) is 5.58. The summed E-state index contributed by atoms with van der Waals surface area (Å²) in [5, 5.41) is 21.8. The van der Waals surface area contributed by atoms with Gasteiger partial charge in [0.05, 0.1) is 5.69 Å². The number of halogens is 3. The van der Waals surface area contributed by atoms with Crippen molar-refractivity contribution < 1.29 is 27.9 Å². The van der Waals surface area contributed by atoms with Crippen LogP contribution in [0.2, 0.25) is 0 Å². The van der Waals surface area contributed by atoms with E-state index in [2.05, 4.69) is 20.8 Å². The fourth-order valence-electron chi connectivity index (χ4n) is 3.20. The number of benzene rings is 2. The van der Waals surface area contributed by atoms with Gasteiger partial charge in [0.1, 0.15) is 29.3 Å². The zero-order valence-electron chi connectivity index (χ0n) is 18.1. The number of carbonyl (C=O) groups is 2. The van der Waals surface area contributed by atoms with E-state index >= 15 is 0 Å². The zero-order valence-corrected chi connectivity index (χ0v) is 18.1. The summed E-state index contributed by atoms with van der Waals surface area (Å²) in [5.74, 6) is -3.59. The van der Waals surface area contributed by atoms with E-state index in [0.717, 1.165) is 17.7 Å². The van der Waals surface area contributed by atoms with Crippen molar-refractivity contribution in [1.82, 2.24) is 15.5 Å². The van der Waals surface area contributed by atoms with Crippen LogP contribution in [0.15, 0.2) is 48.5 Å². The van der Waals surface area contributed by atoms with Crippen molar-refractivity contribution >= 4 is 17.6 Å². The highest BCUT2D eigenvalue weighted by molar-refractivity contribution is 5.97. The molecular formula is C23H23F3N4O3. The van der Waals surface area contributed by atoms with E-state index in [-0.39, 0.29) is 17.2 Å². The zero-order chi connectivity index (χ0) is 24.3. The molecule has 0 saturated heterocycles. The molecule has 1 aromatic heterocycles. The van der Waals surface area contributed by atoms with Gasteiger partial charge in [-0.05, 0) is 42.3 Å². The lowest BCUT2D eigenvalue weighted by Crippen LogP contribution is -2.43. The Bertz CT molecular complexity index is 1140. The maximum Gasteiger partial charge on any atom is 0.254 e. The molecule has 0 aliphatic heterocycles. The quantitative estimate of drug-likeness (QED) is 0.434. The van der Waals surface area contributed by atoms with Crippen LogP contribution in [-0.2, 0) is 15.0 Å². The molecule has 0 radical (unpaired) electrons. The van der Waals surface area contributed by atoms with Gasteiger partial charge in [-0.15, -0.1) is 0 Å². The fraction of sp³-hybridized carbons (Fsp3) is 0.261. The number of nitrogens with zero attached hydrogens (tertiary/aromatic N) is 1. The molecule has 0 saturated carbocycles. The average Bonchev–Trinajstić information content (AvgIpc) is 3.22. The van der Waals surface area contributed by atoms with Crippen LogP contribution >= 0.6 is 0 Å². The number of amides is 2. The topological polar surface area (TPSA) is 107 Å². The highest BCUT2D eigenvalue weighted by Crippen LogP contribution is 2.31. The number of aromatic amines is 1. The summed E-state index contributed by atoms with van der Waals surface area (Å²) in [6.45, 7) is 5.16. The van der Waals surface area contributed by atoms with Crippen molar-refractivity contribution in [3.8, 4) is 0 Å². The van der Waals surface area contributed by atoms with E-state index in [4.69, 9.17) is 0 Å². The Morgan fingerprint density at radius 2 is 1.58 bits per heavy atom. The second kappa shape index (κ2) is 9.45. The first-order valence-corrected chi connectivity index (χ1v) is 10.0. The molecule has 2 amide bonds. The molecule has 4 N–H and O–H groups in total. The van der Waals surface area contributed by atoms with E-state index in [0.29, 0.717) is 11.8 Å². The molecule has 3 aromatic rings. The minimum Gasteiger partial charge on any atom is -0.378 e. The normalized spacial score (nSPS) is 13.3. The van der Waals surface area contributed by atoms with Gasteiger partial charge in [0, 0.05) is 17.5 Å². The molecule has 2 atom stereocenters. The number of rotatable bonds is 7. The van der Waals surface area contributed by atoms with E-state index in [1.807, 2.05) is 13.8 Å². The number of hydrogen-bond donors (Lipinski definition) is 4. The summed E-state index contributed by atoms with van der Waals surface area (Å²) < 4.78 is 39.9. The second-order valence-electron chi connectivity index (χ2n) is 8.12. The number of anilines is 1. The summed E-state index contributed by atoms with van der Waals surface area (Å²) >= 11 is 0. The molecule has 7 nitrogen and oxygen atoms in total. The van der Waals surface area contributed by atoms with Crippen LogP contribution in [0.3, 0.4) is 0 Å². The Hall–Kier alpha value is -3.66. The first-order chi connectivity index (χ1) is 15.5. The van der Waals surface area contributed by atoms with Crippen LogP contribution in [0.25, 0.3) is 0 Å². The van der Waals surface area contributed by atoms with Crippen molar-refractivity contribution in [2.45, 2.75) is 38.3 Å². The molecule has 174 valence electrons. The summed E-state index contributed by atoms with van der Waals surface area (Å²) in [4.78, 5) is 24.7. The van der Waals surface area contributed by atoms with Gasteiger partial charge in [-0.2, -0.15) is 5.10 Å². The predicted molar refractivity (Wildman–Crippen MR) is 115 cm³/mol. The fourth-order valence-corrected chi connectivity index (χ4v) is 3.20. The smallest absolute Gasteiger partial charge is 0.254 e. The molecule has 0 aliphatic carbocycles. The Morgan fingerprint density at radius 1 is 0.970 bits per heavy atom. The van der Waals surface area contributed by atoms with E-state index in [1.54, 1.807) is 18.2 Å². The first kappa shape index (κ1) is 24.0. The van der Waals surface area contributed by atoms with Crippen molar-refractivity contribution in [2.24, 2.45) is 0 Å². The molecule has 1 heterocycles. The van der Waals surface area contributed by atoms with E-state index < -0.39 is 41.0 Å². The molecule has 33 heavy (non-hydrogen) atoms. The second-order valence-corrected chi connectivity index (χ2v) is 8.12. The van der Waals surface area contributed by atoms with Crippen molar-refractivity contribution in [1.29, 1.82) is 0 Å². The largest absolute Gasteiger partial charge is 0.378 e. The maximum atomic E-state index is 13.3. The number of aromatic nitrogens is 2. The molecule has 0 bridgehead atoms. The lowest BCUT2D eigenvalue weighted by Gasteiger charge is -2.22. The van der Waals surface area contributed by atoms with Crippen LogP contribution < -0.4 is 10.6 Å². The summed E-state index contributed by atoms with van der Waals surface area (Å²) in [7, 11) is 0. The van der Waals surface area contributed by atoms with Crippen molar-refractivity contribution in [2.75, 3.05) is 5.32 Å². The third-order valence-corrected chi connectivity index (χ3v) is 5.24. The van der Waals surface area contributed by atoms with Crippen molar-refractivity contribution in [3.05, 3.63) is 82.8 Å². The lowest BCUT2D eigenvalue weighted by molar-refractivity contribution is -0.132. The minimum atomic E-state index is -1.86. The van der Waals surface area contributed by atoms with E-state index in [1.165, 1.54) is 19.1 Å². The van der Waals surface area contributed by atoms with Gasteiger partial charge in [-0.1, -0.05) is 26.0 Å². The Labute approximate surface area is 188 Å². The van der Waals surface area contributed by atoms with Gasteiger partial charge in [-0.3, -0.25) is 14.7 Å². The number of nitrogens with one attached hydrogen (secondary N) is 3. The van der Waals surface area contributed by atoms with Crippen LogP contribution in [-0.4, -0.2) is 33.2 Å². The summed E-state index contributed by atoms with van der Waals surface area (Å²) in [6, 6.07) is 8.79. The highest BCUT2D eigenvalue weighted by atomic mass is 19.1. The van der Waals surface area contributed by atoms with Gasteiger partial charge >= 0.3 is 0 Å². The van der Waals surface area contributed by atoms with Crippen LogP contribution in [0.1, 0.15) is 43.7 Å². The van der Waals surface area contributed by atoms with Gasteiger partial charge < -0.3 is 15.7 Å². The SMILES string of the molecule is C[C@H](NC(=O)[C@@H](O)c1cc(F)cc(F)c1)C(=O)Nc1cc(C(C)(C)c2ccc(F)cc2)n[nH]1. The molecule has 2 aromatic carbocycles. The molecule has 10 heteroatoms. The highest BCUT2D eigenvalue weighted by Gasteiger charge is 2.27. The monoisotopic (exact) mass is 460 g/mol. The Kier molecular flexibility index (Phi) is 6.87. The Morgan fingerprint density at radius 3 is 2.18 bits per heavy atom. The molecule has 0 unspecified atom stereocenters. The van der Waals surface area contributed by atoms with Gasteiger partial charge in [0.2, 0.25) is 5.91 Å². The summed E-state index contributed by atoms with van der Waals surface area (Å²) in [5.41, 5.74) is 0.539. The number of aliphatic hydroxyl groups excluding tert-OH is 1. The molecule has 3 rings (SSSR count). The van der Waals surface area contributed by atoms with Gasteiger partial charge in [0.15, 0.2) is 6.10 Å². The van der Waals surface area contributed by atoms with Gasteiger partial charge in [-0.25, -0.2) is 13.2 Å². The molecule has 0 fully saturated rings. The number of hydrogen-bond acceptors (Lipinski definition) is 4. The minimum absolute atomic E-state index is 0.263. The third-order valence-electron chi connectivity index (χ3n) is 5.24. The first-order valence-electron chi connectivity index (χ1n) is 10.0. The number of aliphatic hydroxyl groups is 1. The summed E-state index contributed by atoms with van der Waals surface area (Å²) in [6.07, 6.45) is -1.86. The van der Waals surface area contributed by atoms with Crippen molar-refractivity contribution in [3.63, 3.8) is 0 Å². The molecular weight excluding hydrogens is 437 g/mol. The maximum absolute atomic E-state index is 13.3. The Balaban J connectivity index is 1.63. The average molecular weight is 460 g/mol. The van der Waals surface area contributed by atoms with Crippen LogP contribution in [0.5, 0.6) is 0 Å². The standard InChI is InChI=1S/C23H23F3N4O3/c1-12(27-22(33)20(31)13-8-16(25)10-17(26)9-13)21(32)28-19-11-18(29-30-19)23(2,3)14-4-6-15(24)7-5-14/h4-12,20,31H,1-3H3,(H,27,33)(H2,28,29,30,32)/t12-,20-/m0/s1. The lowest BCUT2D eigenvalue weighted by atomic mass is 9.81. The number of H-pyrrole nitrogens is 1. The van der Waals surface area contributed by atoms with Crippen LogP contribution in [0.4, 0.5) is 19.0 Å². The molecule has 0 spiro atoms. The number of carbonyl (C=O) groups excluding carboxylic acids is 2. The van der Waals surface area contributed by atoms with Gasteiger partial charge in [0.25, 0.3) is 5.91 Å². The predicted octanol–water partition coefficient (Wildman–Crippen LogP) is 3.33. The van der Waals surface area contributed by atoms with E-state index in [9.17, 15) is 27.9 Å². The van der Waals surface area contributed by atoms with Crippen LogP contribution in [0, 0.1) is 17.5 Å². The molecule has 0 aliphatic rings.